The van der Waals surface area contributed by atoms with Gasteiger partial charge in [0, 0.05) is 46.7 Å². The Hall–Kier alpha value is -3.73. The molecule has 0 saturated heterocycles. The van der Waals surface area contributed by atoms with Crippen LogP contribution in [0.5, 0.6) is 0 Å². The van der Waals surface area contributed by atoms with Crippen molar-refractivity contribution in [2.45, 2.75) is 20.4 Å². The summed E-state index contributed by atoms with van der Waals surface area (Å²) in [5.41, 5.74) is 6.82. The maximum Gasteiger partial charge on any atom is 0.248 e. The van der Waals surface area contributed by atoms with Gasteiger partial charge in [-0.15, -0.1) is 10.2 Å². The van der Waals surface area contributed by atoms with Gasteiger partial charge < -0.3 is 8.98 Å². The highest BCUT2D eigenvalue weighted by Crippen LogP contribution is 2.31. The molecule has 5 aromatic rings. The summed E-state index contributed by atoms with van der Waals surface area (Å²) >= 11 is 0. The van der Waals surface area contributed by atoms with E-state index in [0.717, 1.165) is 17.7 Å². The van der Waals surface area contributed by atoms with Gasteiger partial charge in [-0.2, -0.15) is 0 Å². The van der Waals surface area contributed by atoms with Crippen LogP contribution in [-0.4, -0.2) is 19.7 Å². The first kappa shape index (κ1) is 17.4. The number of hydrogen-bond donors (Lipinski definition) is 0. The summed E-state index contributed by atoms with van der Waals surface area (Å²) in [4.78, 5) is 4.03. The van der Waals surface area contributed by atoms with E-state index in [4.69, 9.17) is 4.42 Å². The van der Waals surface area contributed by atoms with Crippen LogP contribution in [-0.2, 0) is 6.54 Å². The lowest BCUT2D eigenvalue weighted by atomic mass is 10.1. The molecule has 2 aromatic carbocycles. The summed E-state index contributed by atoms with van der Waals surface area (Å²) in [6.07, 6.45) is 3.43. The second-order valence-electron chi connectivity index (χ2n) is 7.16. The summed E-state index contributed by atoms with van der Waals surface area (Å²) < 4.78 is 8.28. The number of pyridine rings is 1. The van der Waals surface area contributed by atoms with Crippen molar-refractivity contribution in [3.05, 3.63) is 89.9 Å². The van der Waals surface area contributed by atoms with Gasteiger partial charge in [0.1, 0.15) is 0 Å². The minimum Gasteiger partial charge on any atom is -0.416 e. The first-order valence-electron chi connectivity index (χ1n) is 9.58. The Morgan fingerprint density at radius 1 is 0.828 bits per heavy atom. The highest BCUT2D eigenvalue weighted by atomic mass is 16.4. The highest BCUT2D eigenvalue weighted by Gasteiger charge is 2.15. The van der Waals surface area contributed by atoms with E-state index in [1.807, 2.05) is 24.3 Å². The largest absolute Gasteiger partial charge is 0.416 e. The van der Waals surface area contributed by atoms with E-state index in [2.05, 4.69) is 70.0 Å². The second-order valence-corrected chi connectivity index (χ2v) is 7.16. The summed E-state index contributed by atoms with van der Waals surface area (Å²) in [7, 11) is 0. The molecule has 5 rings (SSSR count). The minimum absolute atomic E-state index is 0.497. The molecule has 0 aliphatic carbocycles. The van der Waals surface area contributed by atoms with Gasteiger partial charge in [0.15, 0.2) is 0 Å². The molecule has 3 heterocycles. The van der Waals surface area contributed by atoms with Crippen LogP contribution in [0.25, 0.3) is 33.8 Å². The fourth-order valence-electron chi connectivity index (χ4n) is 3.70. The molecular formula is C24H20N4O. The molecule has 5 nitrogen and oxygen atoms in total. The van der Waals surface area contributed by atoms with Crippen molar-refractivity contribution in [2.24, 2.45) is 0 Å². The highest BCUT2D eigenvalue weighted by molar-refractivity contribution is 5.88. The van der Waals surface area contributed by atoms with E-state index in [9.17, 15) is 0 Å². The van der Waals surface area contributed by atoms with Crippen molar-refractivity contribution >= 4 is 10.9 Å². The van der Waals surface area contributed by atoms with Gasteiger partial charge in [0.25, 0.3) is 0 Å². The van der Waals surface area contributed by atoms with Gasteiger partial charge in [-0.1, -0.05) is 30.3 Å². The van der Waals surface area contributed by atoms with Gasteiger partial charge in [-0.3, -0.25) is 4.98 Å². The molecule has 5 heteroatoms. The number of rotatable bonds is 4. The van der Waals surface area contributed by atoms with E-state index in [1.54, 1.807) is 12.4 Å². The Balaban J connectivity index is 1.55. The van der Waals surface area contributed by atoms with E-state index in [-0.39, 0.29) is 0 Å². The number of fused-ring (bicyclic) bond motifs is 1. The Morgan fingerprint density at radius 3 is 2.31 bits per heavy atom. The normalized spacial score (nSPS) is 11.2. The Labute approximate surface area is 168 Å². The smallest absolute Gasteiger partial charge is 0.248 e. The van der Waals surface area contributed by atoms with Crippen molar-refractivity contribution in [3.63, 3.8) is 0 Å². The van der Waals surface area contributed by atoms with E-state index in [0.29, 0.717) is 11.8 Å². The predicted molar refractivity (Wildman–Crippen MR) is 113 cm³/mol. The molecule has 0 bridgehead atoms. The maximum atomic E-state index is 5.92. The average molecular weight is 380 g/mol. The molecule has 0 aliphatic rings. The maximum absolute atomic E-state index is 5.92. The number of benzene rings is 2. The molecule has 0 saturated carbocycles. The molecule has 0 fully saturated rings. The third kappa shape index (κ3) is 3.10. The fraction of sp³-hybridized carbons (Fsp3) is 0.125. The number of hydrogen-bond acceptors (Lipinski definition) is 4. The lowest BCUT2D eigenvalue weighted by molar-refractivity contribution is 0.584. The summed E-state index contributed by atoms with van der Waals surface area (Å²) in [5, 5.41) is 9.65. The molecular weight excluding hydrogens is 360 g/mol. The molecule has 0 radical (unpaired) electrons. The molecule has 3 aromatic heterocycles. The van der Waals surface area contributed by atoms with Crippen LogP contribution in [0.2, 0.25) is 0 Å². The van der Waals surface area contributed by atoms with Gasteiger partial charge in [-0.25, -0.2) is 0 Å². The van der Waals surface area contributed by atoms with Crippen LogP contribution in [0.15, 0.2) is 77.5 Å². The molecule has 29 heavy (non-hydrogen) atoms. The van der Waals surface area contributed by atoms with Crippen LogP contribution < -0.4 is 0 Å². The Bertz CT molecular complexity index is 1290. The third-order valence-corrected chi connectivity index (χ3v) is 5.42. The van der Waals surface area contributed by atoms with Crippen molar-refractivity contribution < 1.29 is 4.42 Å². The first-order chi connectivity index (χ1) is 14.2. The zero-order chi connectivity index (χ0) is 19.8. The van der Waals surface area contributed by atoms with Gasteiger partial charge in [0.2, 0.25) is 11.8 Å². The van der Waals surface area contributed by atoms with Crippen LogP contribution in [0, 0.1) is 13.8 Å². The summed E-state index contributed by atoms with van der Waals surface area (Å²) in [5.74, 6) is 1.02. The van der Waals surface area contributed by atoms with Gasteiger partial charge in [-0.05, 0) is 55.3 Å². The number of aromatic nitrogens is 4. The lowest BCUT2D eigenvalue weighted by Gasteiger charge is -2.09. The summed E-state index contributed by atoms with van der Waals surface area (Å²) in [6, 6.07) is 20.6. The zero-order valence-electron chi connectivity index (χ0n) is 16.3. The number of aryl methyl sites for hydroxylation is 1. The van der Waals surface area contributed by atoms with E-state index in [1.165, 1.54) is 27.7 Å². The summed E-state index contributed by atoms with van der Waals surface area (Å²) in [6.45, 7) is 5.19. The SMILES string of the molecule is Cc1c(C)n(Cc2ccccc2)c2ccc(-c3nnc(-c4ccncc4)o3)cc12. The van der Waals surface area contributed by atoms with Crippen LogP contribution in [0.3, 0.4) is 0 Å². The second kappa shape index (κ2) is 7.02. The molecule has 0 unspecified atom stereocenters. The molecule has 0 N–H and O–H groups in total. The van der Waals surface area contributed by atoms with Crippen LogP contribution in [0.4, 0.5) is 0 Å². The third-order valence-electron chi connectivity index (χ3n) is 5.42. The average Bonchev–Trinajstić information content (AvgIpc) is 3.35. The first-order valence-corrected chi connectivity index (χ1v) is 9.58. The van der Waals surface area contributed by atoms with Crippen molar-refractivity contribution in [3.8, 4) is 22.9 Å². The topological polar surface area (TPSA) is 56.7 Å². The molecule has 0 amide bonds. The minimum atomic E-state index is 0.497. The van der Waals surface area contributed by atoms with E-state index < -0.39 is 0 Å². The zero-order valence-corrected chi connectivity index (χ0v) is 16.3. The van der Waals surface area contributed by atoms with E-state index >= 15 is 0 Å². The van der Waals surface area contributed by atoms with Gasteiger partial charge in [0.05, 0.1) is 0 Å². The molecule has 0 spiro atoms. The monoisotopic (exact) mass is 380 g/mol. The number of nitrogens with zero attached hydrogens (tertiary/aromatic N) is 4. The van der Waals surface area contributed by atoms with Crippen molar-refractivity contribution in [1.82, 2.24) is 19.7 Å². The Morgan fingerprint density at radius 2 is 1.55 bits per heavy atom. The van der Waals surface area contributed by atoms with Crippen LogP contribution in [0.1, 0.15) is 16.8 Å². The lowest BCUT2D eigenvalue weighted by Crippen LogP contribution is -2.01. The van der Waals surface area contributed by atoms with Crippen molar-refractivity contribution in [2.75, 3.05) is 0 Å². The van der Waals surface area contributed by atoms with Crippen LogP contribution >= 0.6 is 0 Å². The van der Waals surface area contributed by atoms with Gasteiger partial charge >= 0.3 is 0 Å². The standard InChI is InChI=1S/C24H20N4O/c1-16-17(2)28(15-18-6-4-3-5-7-18)22-9-8-20(14-21(16)22)24-27-26-23(29-24)19-10-12-25-13-11-19/h3-14H,15H2,1-2H3. The Kier molecular flexibility index (Phi) is 4.21. The molecule has 142 valence electrons. The fourth-order valence-corrected chi connectivity index (χ4v) is 3.70. The predicted octanol–water partition coefficient (Wildman–Crippen LogP) is 5.42. The quantitative estimate of drug-likeness (QED) is 0.418. The van der Waals surface area contributed by atoms with Crippen molar-refractivity contribution in [1.29, 1.82) is 0 Å². The molecule has 0 aliphatic heterocycles. The molecule has 0 atom stereocenters.